The molecule has 0 saturated carbocycles. The number of nitrogens with zero attached hydrogens (tertiary/aromatic N) is 2. The van der Waals surface area contributed by atoms with Crippen molar-refractivity contribution in [2.75, 3.05) is 6.61 Å². The molecule has 150 valence electrons. The summed E-state index contributed by atoms with van der Waals surface area (Å²) in [6.07, 6.45) is -0.311. The summed E-state index contributed by atoms with van der Waals surface area (Å²) in [4.78, 5) is 20.2. The number of hydrogen-bond donors (Lipinski definition) is 2. The van der Waals surface area contributed by atoms with Crippen LogP contribution in [0.3, 0.4) is 0 Å². The summed E-state index contributed by atoms with van der Waals surface area (Å²) >= 11 is 0. The van der Waals surface area contributed by atoms with E-state index in [2.05, 4.69) is 22.6 Å². The van der Waals surface area contributed by atoms with E-state index in [1.165, 1.54) is 0 Å². The summed E-state index contributed by atoms with van der Waals surface area (Å²) in [7, 11) is 0. The van der Waals surface area contributed by atoms with Gasteiger partial charge in [0.2, 0.25) is 11.2 Å². The largest absolute Gasteiger partial charge is 0.503 e. The van der Waals surface area contributed by atoms with E-state index < -0.39 is 12.2 Å². The molecular weight excluding hydrogens is 370 g/mol. The highest BCUT2D eigenvalue weighted by molar-refractivity contribution is 5.79. The topological polar surface area (TPSA) is 95.9 Å². The van der Waals surface area contributed by atoms with Crippen molar-refractivity contribution in [2.24, 2.45) is 5.92 Å². The number of aliphatic hydroxyl groups excluding tert-OH is 1. The van der Waals surface area contributed by atoms with Gasteiger partial charge in [0.25, 0.3) is 0 Å². The van der Waals surface area contributed by atoms with E-state index in [1.54, 1.807) is 0 Å². The number of amides is 1. The number of rotatable bonds is 7. The Balaban J connectivity index is 1.62. The zero-order valence-electron chi connectivity index (χ0n) is 16.4. The van der Waals surface area contributed by atoms with Crippen molar-refractivity contribution in [1.82, 2.24) is 5.48 Å². The minimum Gasteiger partial charge on any atom is -0.503 e. The first-order chi connectivity index (χ1) is 14.0. The molecule has 0 unspecified atom stereocenters. The Morgan fingerprint density at radius 1 is 1.17 bits per heavy atom. The first-order valence-electron chi connectivity index (χ1n) is 9.51. The molecule has 29 heavy (non-hydrogen) atoms. The lowest BCUT2D eigenvalue weighted by atomic mass is 9.98. The normalized spacial score (nSPS) is 14.1. The molecule has 0 aliphatic heterocycles. The van der Waals surface area contributed by atoms with Gasteiger partial charge in [-0.2, -0.15) is 5.48 Å². The van der Waals surface area contributed by atoms with Gasteiger partial charge in [0.1, 0.15) is 6.61 Å². The minimum atomic E-state index is -0.841. The highest BCUT2D eigenvalue weighted by atomic mass is 16.7. The van der Waals surface area contributed by atoms with Crippen molar-refractivity contribution < 1.29 is 19.5 Å². The number of ether oxygens (including phenoxy) is 1. The van der Waals surface area contributed by atoms with Crippen LogP contribution in [0.2, 0.25) is 0 Å². The quantitative estimate of drug-likeness (QED) is 0.386. The van der Waals surface area contributed by atoms with Crippen LogP contribution in [0.1, 0.15) is 37.3 Å². The Labute approximate surface area is 169 Å². The molecule has 0 bridgehead atoms. The van der Waals surface area contributed by atoms with Crippen LogP contribution in [-0.2, 0) is 9.57 Å². The second-order valence-corrected chi connectivity index (χ2v) is 7.33. The zero-order valence-corrected chi connectivity index (χ0v) is 16.4. The number of benzene rings is 2. The van der Waals surface area contributed by atoms with E-state index in [1.807, 2.05) is 50.2 Å². The molecule has 0 spiro atoms. The summed E-state index contributed by atoms with van der Waals surface area (Å²) in [5.74, 6) is -0.167. The van der Waals surface area contributed by atoms with Crippen LogP contribution in [-0.4, -0.2) is 23.9 Å². The molecule has 1 aliphatic rings. The average Bonchev–Trinajstić information content (AvgIpc) is 3.03. The maximum atomic E-state index is 12.2. The second-order valence-electron chi connectivity index (χ2n) is 7.33. The van der Waals surface area contributed by atoms with Crippen LogP contribution >= 0.6 is 0 Å². The van der Waals surface area contributed by atoms with Crippen LogP contribution in [0.4, 0.5) is 4.79 Å². The maximum absolute atomic E-state index is 12.2. The van der Waals surface area contributed by atoms with Crippen molar-refractivity contribution in [1.29, 1.82) is 5.39 Å². The van der Waals surface area contributed by atoms with Crippen molar-refractivity contribution >= 4 is 6.09 Å². The molecule has 0 radical (unpaired) electrons. The molecule has 1 aliphatic carbocycles. The van der Waals surface area contributed by atoms with Gasteiger partial charge in [-0.05, 0) is 34.6 Å². The van der Waals surface area contributed by atoms with Gasteiger partial charge in [-0.3, -0.25) is 4.84 Å². The number of diazo groups is 1. The number of hydroxylamine groups is 1. The van der Waals surface area contributed by atoms with Crippen molar-refractivity contribution in [2.45, 2.75) is 32.3 Å². The average molecular weight is 394 g/mol. The van der Waals surface area contributed by atoms with Gasteiger partial charge in [-0.1, -0.05) is 62.4 Å². The summed E-state index contributed by atoms with van der Waals surface area (Å²) in [5.41, 5.74) is 6.74. The molecule has 1 atom stereocenters. The van der Waals surface area contributed by atoms with Crippen LogP contribution in [0.15, 0.2) is 60.5 Å². The van der Waals surface area contributed by atoms with Gasteiger partial charge < -0.3 is 9.84 Å². The molecule has 2 N–H and O–H groups in total. The Morgan fingerprint density at radius 2 is 1.76 bits per heavy atom. The van der Waals surface area contributed by atoms with Gasteiger partial charge in [0.15, 0.2) is 11.1 Å². The Morgan fingerprint density at radius 3 is 2.31 bits per heavy atom. The lowest BCUT2D eigenvalue weighted by molar-refractivity contribution is -0.0312. The van der Waals surface area contributed by atoms with Crippen LogP contribution < -0.4 is 5.48 Å². The molecule has 7 heteroatoms. The van der Waals surface area contributed by atoms with Crippen molar-refractivity contribution in [3.63, 3.8) is 0 Å². The van der Waals surface area contributed by atoms with Gasteiger partial charge >= 0.3 is 12.3 Å². The van der Waals surface area contributed by atoms with Crippen molar-refractivity contribution in [3.8, 4) is 11.1 Å². The second kappa shape index (κ2) is 9.22. The molecule has 0 saturated heterocycles. The molecule has 0 heterocycles. The molecule has 0 aromatic heterocycles. The lowest BCUT2D eigenvalue weighted by Gasteiger charge is -2.18. The van der Waals surface area contributed by atoms with E-state index >= 15 is 0 Å². The maximum Gasteiger partial charge on any atom is 0.431 e. The number of fused-ring (bicyclic) bond motifs is 3. The first kappa shape index (κ1) is 20.4. The van der Waals surface area contributed by atoms with Crippen LogP contribution in [0.25, 0.3) is 16.1 Å². The number of carbonyl (C=O) groups excluding carboxylic acids is 1. The first-order valence-corrected chi connectivity index (χ1v) is 9.51. The highest BCUT2D eigenvalue weighted by Gasteiger charge is 2.29. The van der Waals surface area contributed by atoms with Crippen molar-refractivity contribution in [3.05, 3.63) is 76.6 Å². The fraction of sp³-hybridized carbons (Fsp3) is 0.318. The number of carbonyl (C=O) groups is 1. The highest BCUT2D eigenvalue weighted by Crippen LogP contribution is 2.44. The van der Waals surface area contributed by atoms with Gasteiger partial charge in [0.05, 0.1) is 0 Å². The molecule has 2 aromatic rings. The predicted molar refractivity (Wildman–Crippen MR) is 108 cm³/mol. The monoisotopic (exact) mass is 394 g/mol. The molecule has 0 fully saturated rings. The third kappa shape index (κ3) is 4.73. The number of hydrogen-bond acceptors (Lipinski definition) is 5. The Kier molecular flexibility index (Phi) is 6.47. The summed E-state index contributed by atoms with van der Waals surface area (Å²) in [6, 6.07) is 16.1. The lowest BCUT2D eigenvalue weighted by Crippen LogP contribution is -2.32. The third-order valence-electron chi connectivity index (χ3n) is 4.83. The standard InChI is InChI=1S/C22H23N3O4/c1-14(2)11-21(20(26)12-24-23)29-25-22(27)28-13-19-17-9-5-3-7-15(17)16-8-4-6-10-18(16)19/h3-10,12,14,19,21H,11,13H2,1-2H3,(H-,25,26,27)/p+1/b20-12-/t21-/m1/s1. The van der Waals surface area contributed by atoms with Gasteiger partial charge in [-0.15, -0.1) is 0 Å². The predicted octanol–water partition coefficient (Wildman–Crippen LogP) is 5.12. The summed E-state index contributed by atoms with van der Waals surface area (Å²) in [6.45, 7) is 4.03. The molecule has 1 amide bonds. The summed E-state index contributed by atoms with van der Waals surface area (Å²) in [5, 5.41) is 18.5. The third-order valence-corrected chi connectivity index (χ3v) is 4.83. The Bertz CT molecular complexity index is 904. The smallest absolute Gasteiger partial charge is 0.431 e. The van der Waals surface area contributed by atoms with E-state index in [9.17, 15) is 9.90 Å². The fourth-order valence-electron chi connectivity index (χ4n) is 3.55. The van der Waals surface area contributed by atoms with E-state index in [0.29, 0.717) is 6.42 Å². The molecular formula is C22H24N3O4+. The minimum absolute atomic E-state index is 0.0545. The van der Waals surface area contributed by atoms with Crippen LogP contribution in [0, 0.1) is 11.3 Å². The van der Waals surface area contributed by atoms with Crippen LogP contribution in [0.5, 0.6) is 0 Å². The summed E-state index contributed by atoms with van der Waals surface area (Å²) < 4.78 is 5.39. The van der Waals surface area contributed by atoms with Gasteiger partial charge in [0, 0.05) is 5.92 Å². The van der Waals surface area contributed by atoms with Gasteiger partial charge in [-0.25, -0.2) is 4.79 Å². The molecule has 7 nitrogen and oxygen atoms in total. The Hall–Kier alpha value is -3.37. The van der Waals surface area contributed by atoms with E-state index in [0.717, 1.165) is 28.5 Å². The number of aliphatic hydroxyl groups is 1. The molecule has 2 aromatic carbocycles. The molecule has 3 rings (SSSR count). The SMILES string of the molecule is CC(C)C[C@@H](ONC(=O)OCC1c2ccccc2-c2ccccc21)/C(O)=C/[N+]#N. The number of nitrogens with one attached hydrogen (secondary N) is 1. The fourth-order valence-corrected chi connectivity index (χ4v) is 3.55. The van der Waals surface area contributed by atoms with E-state index in [4.69, 9.17) is 15.0 Å². The zero-order chi connectivity index (χ0) is 20.8. The van der Waals surface area contributed by atoms with E-state index in [-0.39, 0.29) is 24.2 Å².